The Bertz CT molecular complexity index is 718. The molecule has 3 rings (SSSR count). The summed E-state index contributed by atoms with van der Waals surface area (Å²) < 4.78 is 0. The highest BCUT2D eigenvalue weighted by molar-refractivity contribution is 6.00. The maximum absolute atomic E-state index is 12.6. The molecule has 2 aromatic rings. The number of rotatable bonds is 5. The predicted molar refractivity (Wildman–Crippen MR) is 90.2 cm³/mol. The molecule has 1 heterocycles. The molecule has 0 unspecified atom stereocenters. The molecule has 0 spiro atoms. The van der Waals surface area contributed by atoms with Crippen LogP contribution in [-0.4, -0.2) is 35.1 Å². The van der Waals surface area contributed by atoms with Crippen molar-refractivity contribution in [1.29, 1.82) is 0 Å². The molecule has 5 nitrogen and oxygen atoms in total. The van der Waals surface area contributed by atoms with Crippen LogP contribution in [0.5, 0.6) is 0 Å². The summed E-state index contributed by atoms with van der Waals surface area (Å²) >= 11 is 0. The van der Waals surface area contributed by atoms with Crippen molar-refractivity contribution in [2.45, 2.75) is 24.4 Å². The summed E-state index contributed by atoms with van der Waals surface area (Å²) in [6, 6.07) is 18.2. The summed E-state index contributed by atoms with van der Waals surface area (Å²) in [7, 11) is 0. The molecule has 2 amide bonds. The van der Waals surface area contributed by atoms with Gasteiger partial charge in [-0.25, -0.2) is 0 Å². The zero-order valence-electron chi connectivity index (χ0n) is 13.2. The van der Waals surface area contributed by atoms with E-state index in [2.05, 4.69) is 10.6 Å². The van der Waals surface area contributed by atoms with E-state index in [-0.39, 0.29) is 18.2 Å². The van der Waals surface area contributed by atoms with Crippen LogP contribution in [0.2, 0.25) is 0 Å². The number of benzene rings is 2. The summed E-state index contributed by atoms with van der Waals surface area (Å²) in [5.41, 5.74) is 0.534. The highest BCUT2D eigenvalue weighted by Crippen LogP contribution is 2.19. The molecule has 1 aliphatic heterocycles. The van der Waals surface area contributed by atoms with Crippen molar-refractivity contribution < 1.29 is 14.7 Å². The average molecular weight is 324 g/mol. The maximum Gasteiger partial charge on any atom is 0.249 e. The second-order valence-corrected chi connectivity index (χ2v) is 6.11. The SMILES string of the molecule is O=C1N[C@](CO)(Cc2ccccc2)C(=O)N[C@@H]1Cc1ccccc1. The highest BCUT2D eigenvalue weighted by atomic mass is 16.3. The van der Waals surface area contributed by atoms with E-state index >= 15 is 0 Å². The lowest BCUT2D eigenvalue weighted by molar-refractivity contribution is -0.143. The third kappa shape index (κ3) is 3.31. The van der Waals surface area contributed by atoms with E-state index in [0.717, 1.165) is 11.1 Å². The lowest BCUT2D eigenvalue weighted by atomic mass is 9.87. The van der Waals surface area contributed by atoms with Gasteiger partial charge in [0.05, 0.1) is 6.61 Å². The van der Waals surface area contributed by atoms with Crippen LogP contribution >= 0.6 is 0 Å². The fourth-order valence-electron chi connectivity index (χ4n) is 2.97. The van der Waals surface area contributed by atoms with Crippen LogP contribution in [0.3, 0.4) is 0 Å². The molecule has 0 saturated carbocycles. The van der Waals surface area contributed by atoms with Crippen LogP contribution in [0, 0.1) is 0 Å². The number of carbonyl (C=O) groups is 2. The topological polar surface area (TPSA) is 78.4 Å². The molecule has 1 aliphatic rings. The van der Waals surface area contributed by atoms with Crippen molar-refractivity contribution in [3.63, 3.8) is 0 Å². The predicted octanol–water partition coefficient (Wildman–Crippen LogP) is 0.817. The summed E-state index contributed by atoms with van der Waals surface area (Å²) in [4.78, 5) is 25.1. The van der Waals surface area contributed by atoms with Gasteiger partial charge in [-0.3, -0.25) is 9.59 Å². The molecular formula is C19H20N2O3. The number of hydrogen-bond acceptors (Lipinski definition) is 3. The minimum atomic E-state index is -1.31. The second-order valence-electron chi connectivity index (χ2n) is 6.11. The van der Waals surface area contributed by atoms with E-state index in [9.17, 15) is 14.7 Å². The smallest absolute Gasteiger partial charge is 0.249 e. The van der Waals surface area contributed by atoms with Gasteiger partial charge in [0, 0.05) is 12.8 Å². The zero-order chi connectivity index (χ0) is 17.0. The molecule has 0 radical (unpaired) electrons. The Morgan fingerprint density at radius 3 is 2.08 bits per heavy atom. The number of aliphatic hydroxyl groups is 1. The first-order valence-corrected chi connectivity index (χ1v) is 7.95. The monoisotopic (exact) mass is 324 g/mol. The molecule has 1 fully saturated rings. The number of carbonyl (C=O) groups excluding carboxylic acids is 2. The van der Waals surface area contributed by atoms with Gasteiger partial charge in [-0.1, -0.05) is 60.7 Å². The third-order valence-electron chi connectivity index (χ3n) is 4.32. The average Bonchev–Trinajstić information content (AvgIpc) is 2.61. The van der Waals surface area contributed by atoms with Crippen LogP contribution in [0.1, 0.15) is 11.1 Å². The summed E-state index contributed by atoms with van der Waals surface area (Å²) in [6.07, 6.45) is 0.672. The van der Waals surface area contributed by atoms with Crippen molar-refractivity contribution in [2.75, 3.05) is 6.61 Å². The molecule has 0 aromatic heterocycles. The zero-order valence-corrected chi connectivity index (χ0v) is 13.2. The van der Waals surface area contributed by atoms with E-state index in [1.54, 1.807) is 0 Å². The van der Waals surface area contributed by atoms with Crippen molar-refractivity contribution in [3.05, 3.63) is 71.8 Å². The molecule has 124 valence electrons. The minimum Gasteiger partial charge on any atom is -0.393 e. The van der Waals surface area contributed by atoms with Gasteiger partial charge in [-0.2, -0.15) is 0 Å². The van der Waals surface area contributed by atoms with Crippen molar-refractivity contribution in [1.82, 2.24) is 10.6 Å². The highest BCUT2D eigenvalue weighted by Gasteiger charge is 2.46. The first kappa shape index (κ1) is 16.2. The third-order valence-corrected chi connectivity index (χ3v) is 4.32. The Morgan fingerprint density at radius 2 is 1.50 bits per heavy atom. The quantitative estimate of drug-likeness (QED) is 0.762. The number of hydrogen-bond donors (Lipinski definition) is 3. The minimum absolute atomic E-state index is 0.250. The van der Waals surface area contributed by atoms with E-state index in [1.807, 2.05) is 60.7 Å². The molecule has 1 saturated heterocycles. The molecule has 2 aromatic carbocycles. The van der Waals surface area contributed by atoms with Crippen molar-refractivity contribution in [3.8, 4) is 0 Å². The lowest BCUT2D eigenvalue weighted by Gasteiger charge is -2.39. The molecule has 3 N–H and O–H groups in total. The second kappa shape index (κ2) is 6.84. The molecule has 0 bridgehead atoms. The maximum atomic E-state index is 12.6. The molecular weight excluding hydrogens is 304 g/mol. The van der Waals surface area contributed by atoms with Crippen LogP contribution in [0.4, 0.5) is 0 Å². The largest absolute Gasteiger partial charge is 0.393 e. The van der Waals surface area contributed by atoms with Crippen LogP contribution in [0.15, 0.2) is 60.7 Å². The fraction of sp³-hybridized carbons (Fsp3) is 0.263. The number of amides is 2. The Balaban J connectivity index is 1.76. The van der Waals surface area contributed by atoms with Gasteiger partial charge >= 0.3 is 0 Å². The first-order chi connectivity index (χ1) is 11.6. The Labute approximate surface area is 140 Å². The fourth-order valence-corrected chi connectivity index (χ4v) is 2.97. The van der Waals surface area contributed by atoms with Gasteiger partial charge in [0.15, 0.2) is 0 Å². The van der Waals surface area contributed by atoms with Gasteiger partial charge in [-0.15, -0.1) is 0 Å². The summed E-state index contributed by atoms with van der Waals surface area (Å²) in [5.74, 6) is -0.627. The van der Waals surface area contributed by atoms with Crippen LogP contribution in [0.25, 0.3) is 0 Å². The van der Waals surface area contributed by atoms with Crippen LogP contribution in [-0.2, 0) is 22.4 Å². The Hall–Kier alpha value is -2.66. The lowest BCUT2D eigenvalue weighted by Crippen LogP contribution is -2.72. The number of aliphatic hydroxyl groups excluding tert-OH is 1. The molecule has 0 aliphatic carbocycles. The van der Waals surface area contributed by atoms with E-state index in [1.165, 1.54) is 0 Å². The molecule has 24 heavy (non-hydrogen) atoms. The Morgan fingerprint density at radius 1 is 0.917 bits per heavy atom. The summed E-state index contributed by atoms with van der Waals surface area (Å²) in [5, 5.41) is 15.3. The van der Waals surface area contributed by atoms with Gasteiger partial charge in [0.2, 0.25) is 11.8 Å². The summed E-state index contributed by atoms with van der Waals surface area (Å²) in [6.45, 7) is -0.447. The van der Waals surface area contributed by atoms with E-state index in [0.29, 0.717) is 6.42 Å². The van der Waals surface area contributed by atoms with E-state index < -0.39 is 18.2 Å². The van der Waals surface area contributed by atoms with Crippen LogP contribution < -0.4 is 10.6 Å². The molecule has 2 atom stereocenters. The van der Waals surface area contributed by atoms with E-state index in [4.69, 9.17) is 0 Å². The van der Waals surface area contributed by atoms with Gasteiger partial charge in [0.1, 0.15) is 11.6 Å². The Kier molecular flexibility index (Phi) is 4.62. The number of nitrogens with one attached hydrogen (secondary N) is 2. The van der Waals surface area contributed by atoms with Crippen molar-refractivity contribution >= 4 is 11.8 Å². The first-order valence-electron chi connectivity index (χ1n) is 7.95. The standard InChI is InChI=1S/C19H20N2O3/c22-13-19(12-15-9-5-2-6-10-15)18(24)20-16(17(23)21-19)11-14-7-3-1-4-8-14/h1-10,16,22H,11-13H2,(H,20,24)(H,21,23)/t16-,19+/m1/s1. The van der Waals surface area contributed by atoms with Crippen molar-refractivity contribution in [2.24, 2.45) is 0 Å². The van der Waals surface area contributed by atoms with Gasteiger partial charge < -0.3 is 15.7 Å². The number of piperazine rings is 1. The van der Waals surface area contributed by atoms with Gasteiger partial charge in [0.25, 0.3) is 0 Å². The van der Waals surface area contributed by atoms with Gasteiger partial charge in [-0.05, 0) is 11.1 Å². The normalized spacial score (nSPS) is 23.5. The molecule has 5 heteroatoms.